The minimum absolute atomic E-state index is 0.117. The van der Waals surface area contributed by atoms with Crippen LogP contribution in [-0.4, -0.2) is 37.6 Å². The number of piperidine rings is 1. The van der Waals surface area contributed by atoms with Crippen LogP contribution in [0.25, 0.3) is 0 Å². The lowest BCUT2D eigenvalue weighted by molar-refractivity contribution is -0.152. The Hall–Kier alpha value is -1.35. The summed E-state index contributed by atoms with van der Waals surface area (Å²) in [5, 5.41) is 0. The summed E-state index contributed by atoms with van der Waals surface area (Å²) < 4.78 is 4.89. The van der Waals surface area contributed by atoms with Gasteiger partial charge in [0, 0.05) is 6.54 Å². The monoisotopic (exact) mass is 289 g/mol. The van der Waals surface area contributed by atoms with E-state index in [1.54, 1.807) is 0 Å². The molecule has 3 nitrogen and oxygen atoms in total. The number of rotatable bonds is 5. The van der Waals surface area contributed by atoms with E-state index >= 15 is 0 Å². The highest BCUT2D eigenvalue weighted by Crippen LogP contribution is 2.25. The van der Waals surface area contributed by atoms with E-state index in [4.69, 9.17) is 4.74 Å². The van der Waals surface area contributed by atoms with Crippen LogP contribution in [0.1, 0.15) is 32.3 Å². The summed E-state index contributed by atoms with van der Waals surface area (Å²) in [6.45, 7) is 6.89. The molecular formula is C18H27NO2. The molecule has 1 heterocycles. The van der Waals surface area contributed by atoms with Gasteiger partial charge in [0.2, 0.25) is 0 Å². The highest BCUT2D eigenvalue weighted by Gasteiger charge is 2.32. The molecule has 1 aromatic carbocycles. The maximum atomic E-state index is 11.8. The van der Waals surface area contributed by atoms with Crippen LogP contribution in [0.15, 0.2) is 30.3 Å². The first-order chi connectivity index (χ1) is 10.0. The summed E-state index contributed by atoms with van der Waals surface area (Å²) >= 11 is 0. The van der Waals surface area contributed by atoms with Crippen molar-refractivity contribution in [2.75, 3.05) is 26.7 Å². The molecule has 0 aromatic heterocycles. The van der Waals surface area contributed by atoms with Crippen LogP contribution >= 0.6 is 0 Å². The number of nitrogens with zero attached hydrogens (tertiary/aromatic N) is 1. The van der Waals surface area contributed by atoms with Gasteiger partial charge < -0.3 is 9.64 Å². The number of benzene rings is 1. The third-order valence-corrected chi connectivity index (χ3v) is 4.43. The number of likely N-dealkylation sites (tertiary alicyclic amines) is 1. The molecule has 0 radical (unpaired) electrons. The predicted molar refractivity (Wildman–Crippen MR) is 85.1 cm³/mol. The van der Waals surface area contributed by atoms with Crippen molar-refractivity contribution < 1.29 is 9.53 Å². The van der Waals surface area contributed by atoms with Crippen LogP contribution in [0.4, 0.5) is 0 Å². The molecule has 116 valence electrons. The Kier molecular flexibility index (Phi) is 5.40. The molecule has 0 N–H and O–H groups in total. The lowest BCUT2D eigenvalue weighted by Gasteiger charge is -2.36. The first-order valence-electron chi connectivity index (χ1n) is 7.86. The molecule has 0 spiro atoms. The highest BCUT2D eigenvalue weighted by atomic mass is 16.5. The average Bonchev–Trinajstić information content (AvgIpc) is 2.49. The zero-order valence-corrected chi connectivity index (χ0v) is 13.5. The molecule has 21 heavy (non-hydrogen) atoms. The Morgan fingerprint density at radius 3 is 2.43 bits per heavy atom. The quantitative estimate of drug-likeness (QED) is 0.780. The van der Waals surface area contributed by atoms with Crippen LogP contribution in [0.3, 0.4) is 0 Å². The summed E-state index contributed by atoms with van der Waals surface area (Å²) in [6.07, 6.45) is 3.60. The van der Waals surface area contributed by atoms with E-state index < -0.39 is 5.41 Å². The molecule has 0 amide bonds. The fourth-order valence-corrected chi connectivity index (χ4v) is 3.20. The fourth-order valence-electron chi connectivity index (χ4n) is 3.20. The van der Waals surface area contributed by atoms with Gasteiger partial charge in [-0.15, -0.1) is 0 Å². The first-order valence-corrected chi connectivity index (χ1v) is 7.86. The zero-order valence-electron chi connectivity index (χ0n) is 13.5. The topological polar surface area (TPSA) is 29.5 Å². The molecule has 0 atom stereocenters. The average molecular weight is 289 g/mol. The summed E-state index contributed by atoms with van der Waals surface area (Å²) in [7, 11) is 1.47. The molecule has 2 rings (SSSR count). The van der Waals surface area contributed by atoms with E-state index in [0.717, 1.165) is 25.6 Å². The second kappa shape index (κ2) is 7.08. The van der Waals surface area contributed by atoms with Crippen molar-refractivity contribution in [3.8, 4) is 0 Å². The Morgan fingerprint density at radius 1 is 1.24 bits per heavy atom. The van der Waals surface area contributed by atoms with Gasteiger partial charge >= 0.3 is 5.97 Å². The minimum atomic E-state index is -0.416. The van der Waals surface area contributed by atoms with Crippen LogP contribution < -0.4 is 0 Å². The van der Waals surface area contributed by atoms with Crippen LogP contribution in [-0.2, 0) is 16.0 Å². The van der Waals surface area contributed by atoms with E-state index in [9.17, 15) is 4.79 Å². The molecule has 1 aliphatic heterocycles. The number of methoxy groups -OCH3 is 1. The number of carbonyl (C=O) groups is 1. The van der Waals surface area contributed by atoms with E-state index in [2.05, 4.69) is 35.2 Å². The Morgan fingerprint density at radius 2 is 1.86 bits per heavy atom. The molecule has 0 unspecified atom stereocenters. The molecule has 1 saturated heterocycles. The molecule has 1 aliphatic rings. The summed E-state index contributed by atoms with van der Waals surface area (Å²) in [6, 6.07) is 10.7. The van der Waals surface area contributed by atoms with Crippen LogP contribution in [0, 0.1) is 11.3 Å². The standard InChI is InChI=1S/C18H27NO2/c1-18(2,17(20)21-3)14-19-11-9-16(10-12-19)13-15-7-5-4-6-8-15/h4-8,16H,9-14H2,1-3H3. The number of hydrogen-bond donors (Lipinski definition) is 0. The van der Waals surface area contributed by atoms with Crippen LogP contribution in [0.5, 0.6) is 0 Å². The minimum Gasteiger partial charge on any atom is -0.469 e. The zero-order chi connectivity index (χ0) is 15.3. The molecule has 0 aliphatic carbocycles. The number of esters is 1. The van der Waals surface area contributed by atoms with E-state index in [-0.39, 0.29) is 5.97 Å². The number of carbonyl (C=O) groups excluding carboxylic acids is 1. The summed E-state index contributed by atoms with van der Waals surface area (Å²) in [5.74, 6) is 0.652. The molecule has 0 bridgehead atoms. The second-order valence-electron chi connectivity index (χ2n) is 6.78. The van der Waals surface area contributed by atoms with Gasteiger partial charge in [-0.05, 0) is 57.7 Å². The Labute approximate surface area is 128 Å². The third kappa shape index (κ3) is 4.57. The number of hydrogen-bond acceptors (Lipinski definition) is 3. The predicted octanol–water partition coefficient (Wildman–Crippen LogP) is 3.14. The van der Waals surface area contributed by atoms with Crippen molar-refractivity contribution in [3.63, 3.8) is 0 Å². The van der Waals surface area contributed by atoms with Gasteiger partial charge in [0.15, 0.2) is 0 Å². The van der Waals surface area contributed by atoms with Crippen molar-refractivity contribution in [1.82, 2.24) is 4.90 Å². The molecule has 1 aromatic rings. The fraction of sp³-hybridized carbons (Fsp3) is 0.611. The second-order valence-corrected chi connectivity index (χ2v) is 6.78. The maximum absolute atomic E-state index is 11.8. The van der Waals surface area contributed by atoms with Crippen molar-refractivity contribution in [2.24, 2.45) is 11.3 Å². The smallest absolute Gasteiger partial charge is 0.312 e. The van der Waals surface area contributed by atoms with Gasteiger partial charge in [0.05, 0.1) is 12.5 Å². The van der Waals surface area contributed by atoms with Gasteiger partial charge in [-0.2, -0.15) is 0 Å². The SMILES string of the molecule is COC(=O)C(C)(C)CN1CCC(Cc2ccccc2)CC1. The van der Waals surface area contributed by atoms with Gasteiger partial charge in [-0.25, -0.2) is 0 Å². The lowest BCUT2D eigenvalue weighted by atomic mass is 9.87. The lowest BCUT2D eigenvalue weighted by Crippen LogP contribution is -2.43. The van der Waals surface area contributed by atoms with Gasteiger partial charge in [-0.1, -0.05) is 30.3 Å². The number of ether oxygens (including phenoxy) is 1. The summed E-state index contributed by atoms with van der Waals surface area (Å²) in [5.41, 5.74) is 1.02. The normalized spacial score (nSPS) is 17.7. The molecule has 3 heteroatoms. The van der Waals surface area contributed by atoms with Crippen molar-refractivity contribution >= 4 is 5.97 Å². The van der Waals surface area contributed by atoms with E-state index in [0.29, 0.717) is 0 Å². The Bertz CT molecular complexity index is 448. The largest absolute Gasteiger partial charge is 0.469 e. The summed E-state index contributed by atoms with van der Waals surface area (Å²) in [4.78, 5) is 14.2. The van der Waals surface area contributed by atoms with Gasteiger partial charge in [0.1, 0.15) is 0 Å². The third-order valence-electron chi connectivity index (χ3n) is 4.43. The molecule has 1 fully saturated rings. The van der Waals surface area contributed by atoms with Gasteiger partial charge in [0.25, 0.3) is 0 Å². The Balaban J connectivity index is 1.79. The highest BCUT2D eigenvalue weighted by molar-refractivity contribution is 5.76. The maximum Gasteiger partial charge on any atom is 0.312 e. The van der Waals surface area contributed by atoms with Crippen LogP contribution in [0.2, 0.25) is 0 Å². The van der Waals surface area contributed by atoms with Crippen molar-refractivity contribution in [2.45, 2.75) is 33.1 Å². The van der Waals surface area contributed by atoms with E-state index in [1.165, 1.54) is 31.9 Å². The van der Waals surface area contributed by atoms with E-state index in [1.807, 2.05) is 13.8 Å². The molecular weight excluding hydrogens is 262 g/mol. The first kappa shape index (κ1) is 16.0. The molecule has 0 saturated carbocycles. The van der Waals surface area contributed by atoms with Crippen molar-refractivity contribution in [1.29, 1.82) is 0 Å². The van der Waals surface area contributed by atoms with Crippen molar-refractivity contribution in [3.05, 3.63) is 35.9 Å². The van der Waals surface area contributed by atoms with Gasteiger partial charge in [-0.3, -0.25) is 4.79 Å².